The standard InChI is InChI=1S/C24H34N2O6/c1-3-5-12-25-13-9-11-24-17(20(28)26(14-15-27)19(24)21(25)29)18-22(30)31-16-8-6-7-10-23(18,4-2)32-24/h7,9-11,17-19,27H,3-6,8,12-16H2,1-2H3/b10-7-/t17-,18-,19?,23+,24-/m0/s1. The van der Waals surface area contributed by atoms with E-state index in [0.717, 1.165) is 19.3 Å². The maximum absolute atomic E-state index is 13.8. The van der Waals surface area contributed by atoms with Gasteiger partial charge in [-0.15, -0.1) is 0 Å². The molecular formula is C24H34N2O6. The summed E-state index contributed by atoms with van der Waals surface area (Å²) in [6.07, 6.45) is 11.4. The van der Waals surface area contributed by atoms with Crippen molar-refractivity contribution in [2.75, 3.05) is 32.8 Å². The highest BCUT2D eigenvalue weighted by atomic mass is 16.6. The lowest BCUT2D eigenvalue weighted by atomic mass is 9.73. The maximum Gasteiger partial charge on any atom is 0.313 e. The first kappa shape index (κ1) is 23.0. The van der Waals surface area contributed by atoms with Crippen molar-refractivity contribution in [1.82, 2.24) is 9.80 Å². The van der Waals surface area contributed by atoms with Gasteiger partial charge in [0.15, 0.2) is 0 Å². The lowest BCUT2D eigenvalue weighted by Crippen LogP contribution is -2.56. The zero-order valence-electron chi connectivity index (χ0n) is 19.0. The third kappa shape index (κ3) is 3.39. The van der Waals surface area contributed by atoms with Crippen LogP contribution in [0.25, 0.3) is 0 Å². The second-order valence-corrected chi connectivity index (χ2v) is 9.13. The third-order valence-corrected chi connectivity index (χ3v) is 7.34. The number of hydrogen-bond acceptors (Lipinski definition) is 6. The Bertz CT molecular complexity index is 825. The van der Waals surface area contributed by atoms with E-state index >= 15 is 0 Å². The zero-order chi connectivity index (χ0) is 22.9. The number of esters is 1. The van der Waals surface area contributed by atoms with Gasteiger partial charge in [-0.25, -0.2) is 0 Å². The Morgan fingerprint density at radius 3 is 2.62 bits per heavy atom. The molecule has 0 aliphatic carbocycles. The van der Waals surface area contributed by atoms with Gasteiger partial charge in [-0.3, -0.25) is 14.4 Å². The highest BCUT2D eigenvalue weighted by Crippen LogP contribution is 2.58. The summed E-state index contributed by atoms with van der Waals surface area (Å²) in [5.74, 6) is -2.70. The van der Waals surface area contributed by atoms with Crippen molar-refractivity contribution in [3.8, 4) is 0 Å². The molecule has 8 nitrogen and oxygen atoms in total. The van der Waals surface area contributed by atoms with E-state index in [1.54, 1.807) is 4.90 Å². The van der Waals surface area contributed by atoms with Crippen LogP contribution in [0, 0.1) is 11.8 Å². The molecule has 0 aromatic heterocycles. The van der Waals surface area contributed by atoms with Crippen LogP contribution in [0.3, 0.4) is 0 Å². The quantitative estimate of drug-likeness (QED) is 0.490. The molecule has 8 heteroatoms. The molecule has 0 aromatic carbocycles. The van der Waals surface area contributed by atoms with E-state index in [-0.39, 0.29) is 31.6 Å². The molecule has 0 radical (unpaired) electrons. The molecule has 2 saturated heterocycles. The Hall–Kier alpha value is -2.19. The molecule has 176 valence electrons. The van der Waals surface area contributed by atoms with Gasteiger partial charge in [0.05, 0.1) is 19.1 Å². The maximum atomic E-state index is 13.8. The first-order valence-electron chi connectivity index (χ1n) is 11.9. The van der Waals surface area contributed by atoms with Crippen LogP contribution < -0.4 is 0 Å². The fraction of sp³-hybridized carbons (Fsp3) is 0.708. The molecule has 4 heterocycles. The van der Waals surface area contributed by atoms with E-state index in [0.29, 0.717) is 25.9 Å². The summed E-state index contributed by atoms with van der Waals surface area (Å²) in [5.41, 5.74) is -2.29. The Labute approximate surface area is 189 Å². The fourth-order valence-corrected chi connectivity index (χ4v) is 5.82. The van der Waals surface area contributed by atoms with Crippen LogP contribution in [0.4, 0.5) is 0 Å². The molecule has 4 aliphatic heterocycles. The van der Waals surface area contributed by atoms with Crippen molar-refractivity contribution < 1.29 is 29.0 Å². The molecule has 5 atom stereocenters. The Balaban J connectivity index is 1.85. The number of aliphatic hydroxyl groups excluding tert-OH is 1. The molecule has 32 heavy (non-hydrogen) atoms. The number of β-amino-alcohol motifs (C(OH)–C–C–N with tert-alkyl or cyclic N) is 1. The van der Waals surface area contributed by atoms with Gasteiger partial charge < -0.3 is 24.4 Å². The summed E-state index contributed by atoms with van der Waals surface area (Å²) in [4.78, 5) is 44.0. The Morgan fingerprint density at radius 2 is 1.91 bits per heavy atom. The van der Waals surface area contributed by atoms with Gasteiger partial charge in [0.1, 0.15) is 23.2 Å². The monoisotopic (exact) mass is 446 g/mol. The fourth-order valence-electron chi connectivity index (χ4n) is 5.82. The molecule has 4 aliphatic rings. The van der Waals surface area contributed by atoms with Gasteiger partial charge in [-0.05, 0) is 25.7 Å². The van der Waals surface area contributed by atoms with Crippen LogP contribution in [-0.4, -0.2) is 82.8 Å². The van der Waals surface area contributed by atoms with Crippen molar-refractivity contribution in [3.63, 3.8) is 0 Å². The van der Waals surface area contributed by atoms with Crippen molar-refractivity contribution in [2.45, 2.75) is 63.2 Å². The molecule has 4 rings (SSSR count). The molecule has 2 fully saturated rings. The average molecular weight is 447 g/mol. The second-order valence-electron chi connectivity index (χ2n) is 9.13. The van der Waals surface area contributed by atoms with Crippen molar-refractivity contribution in [3.05, 3.63) is 24.3 Å². The minimum Gasteiger partial charge on any atom is -0.465 e. The number of cyclic esters (lactones) is 1. The number of fused-ring (bicyclic) bond motifs is 2. The summed E-state index contributed by atoms with van der Waals surface area (Å²) >= 11 is 0. The number of rotatable bonds is 6. The molecule has 2 amide bonds. The van der Waals surface area contributed by atoms with Gasteiger partial charge in [0.25, 0.3) is 0 Å². The van der Waals surface area contributed by atoms with Crippen LogP contribution in [0.2, 0.25) is 0 Å². The number of allylic oxidation sites excluding steroid dienone is 1. The summed E-state index contributed by atoms with van der Waals surface area (Å²) in [7, 11) is 0. The van der Waals surface area contributed by atoms with E-state index in [2.05, 4.69) is 6.92 Å². The van der Waals surface area contributed by atoms with Crippen LogP contribution in [0.1, 0.15) is 46.0 Å². The van der Waals surface area contributed by atoms with Gasteiger partial charge >= 0.3 is 5.97 Å². The van der Waals surface area contributed by atoms with Crippen molar-refractivity contribution in [1.29, 1.82) is 0 Å². The largest absolute Gasteiger partial charge is 0.465 e. The van der Waals surface area contributed by atoms with Crippen LogP contribution >= 0.6 is 0 Å². The summed E-state index contributed by atoms with van der Waals surface area (Å²) in [5, 5.41) is 9.68. The van der Waals surface area contributed by atoms with Crippen LogP contribution in [0.15, 0.2) is 24.3 Å². The smallest absolute Gasteiger partial charge is 0.313 e. The number of ether oxygens (including phenoxy) is 2. The number of nitrogens with zero attached hydrogens (tertiary/aromatic N) is 2. The normalized spacial score (nSPS) is 37.7. The molecule has 1 spiro atoms. The average Bonchev–Trinajstić information content (AvgIpc) is 3.15. The first-order chi connectivity index (χ1) is 15.5. The molecule has 1 unspecified atom stereocenters. The molecular weight excluding hydrogens is 412 g/mol. The van der Waals surface area contributed by atoms with Gasteiger partial charge in [-0.2, -0.15) is 0 Å². The Kier molecular flexibility index (Phi) is 6.45. The zero-order valence-corrected chi connectivity index (χ0v) is 19.0. The molecule has 1 N–H and O–H groups in total. The highest BCUT2D eigenvalue weighted by Gasteiger charge is 2.75. The predicted octanol–water partition coefficient (Wildman–Crippen LogP) is 1.43. The predicted molar refractivity (Wildman–Crippen MR) is 116 cm³/mol. The molecule has 0 bridgehead atoms. The SMILES string of the molecule is CCCCN1CC=C[C@]23O[C@]4(CC)/C=C\CCCOC(=O)[C@@H]4[C@H]2C(=O)N(CCO)C3C1=O. The van der Waals surface area contributed by atoms with Crippen molar-refractivity contribution >= 4 is 17.8 Å². The van der Waals surface area contributed by atoms with E-state index in [1.165, 1.54) is 4.90 Å². The van der Waals surface area contributed by atoms with Crippen molar-refractivity contribution in [2.24, 2.45) is 11.8 Å². The number of hydrogen-bond donors (Lipinski definition) is 1. The summed E-state index contributed by atoms with van der Waals surface area (Å²) < 4.78 is 12.3. The number of unbranched alkanes of at least 4 members (excludes halogenated alkanes) is 1. The van der Waals surface area contributed by atoms with E-state index in [1.807, 2.05) is 31.2 Å². The van der Waals surface area contributed by atoms with Crippen LogP contribution in [0.5, 0.6) is 0 Å². The lowest BCUT2D eigenvalue weighted by Gasteiger charge is -2.38. The molecule has 0 saturated carbocycles. The minimum atomic E-state index is -1.27. The van der Waals surface area contributed by atoms with Gasteiger partial charge in [-0.1, -0.05) is 44.6 Å². The number of aliphatic hydroxyl groups is 1. The number of amides is 2. The number of carbonyl (C=O) groups is 3. The van der Waals surface area contributed by atoms with E-state index < -0.39 is 35.0 Å². The third-order valence-electron chi connectivity index (χ3n) is 7.34. The molecule has 0 aromatic rings. The van der Waals surface area contributed by atoms with Gasteiger partial charge in [0.2, 0.25) is 11.8 Å². The summed E-state index contributed by atoms with van der Waals surface area (Å²) in [6, 6.07) is -0.914. The lowest BCUT2D eigenvalue weighted by molar-refractivity contribution is -0.161. The number of likely N-dealkylation sites (tertiary alicyclic amines) is 1. The Morgan fingerprint density at radius 1 is 1.09 bits per heavy atom. The van der Waals surface area contributed by atoms with E-state index in [9.17, 15) is 19.5 Å². The van der Waals surface area contributed by atoms with Gasteiger partial charge in [0, 0.05) is 19.6 Å². The second kappa shape index (κ2) is 8.98. The highest BCUT2D eigenvalue weighted by molar-refractivity contribution is 5.99. The minimum absolute atomic E-state index is 0.0169. The number of carbonyl (C=O) groups excluding carboxylic acids is 3. The van der Waals surface area contributed by atoms with Crippen LogP contribution in [-0.2, 0) is 23.9 Å². The first-order valence-corrected chi connectivity index (χ1v) is 11.9. The topological polar surface area (TPSA) is 96.4 Å². The summed E-state index contributed by atoms with van der Waals surface area (Å²) in [6.45, 7) is 5.04. The van der Waals surface area contributed by atoms with E-state index in [4.69, 9.17) is 9.47 Å².